The van der Waals surface area contributed by atoms with Crippen LogP contribution in [0, 0.1) is 0 Å². The van der Waals surface area contributed by atoms with Crippen molar-refractivity contribution in [3.05, 3.63) is 56.1 Å². The van der Waals surface area contributed by atoms with E-state index in [0.29, 0.717) is 15.8 Å². The van der Waals surface area contributed by atoms with E-state index in [-0.39, 0.29) is 0 Å². The molecule has 0 saturated carbocycles. The van der Waals surface area contributed by atoms with E-state index in [1.165, 1.54) is 12.1 Å². The smallest absolute Gasteiger partial charge is 0.258 e. The highest BCUT2D eigenvalue weighted by molar-refractivity contribution is 6.31. The molecule has 2 aromatic rings. The van der Waals surface area contributed by atoms with Crippen LogP contribution in [-0.4, -0.2) is 4.98 Å². The Bertz CT molecular complexity index is 604. The van der Waals surface area contributed by atoms with Crippen molar-refractivity contribution in [2.45, 2.75) is 0 Å². The van der Waals surface area contributed by atoms with E-state index in [2.05, 4.69) is 4.98 Å². The molecule has 1 heterocycles. The van der Waals surface area contributed by atoms with Crippen LogP contribution in [0.1, 0.15) is 0 Å². The fourth-order valence-corrected chi connectivity index (χ4v) is 1.43. The van der Waals surface area contributed by atoms with Crippen molar-refractivity contribution in [1.29, 1.82) is 0 Å². The molecule has 0 aliphatic carbocycles. The summed E-state index contributed by atoms with van der Waals surface area (Å²) < 4.78 is 0. The van der Waals surface area contributed by atoms with Crippen LogP contribution in [0.4, 0.5) is 0 Å². The zero-order valence-corrected chi connectivity index (χ0v) is 7.84. The summed E-state index contributed by atoms with van der Waals surface area (Å²) >= 11 is 5.74. The quantitative estimate of drug-likeness (QED) is 0.713. The summed E-state index contributed by atoms with van der Waals surface area (Å²) in [4.78, 5) is 24.6. The molecule has 0 atom stereocenters. The van der Waals surface area contributed by atoms with Gasteiger partial charge < -0.3 is 0 Å². The first-order chi connectivity index (χ1) is 6.66. The van der Waals surface area contributed by atoms with Gasteiger partial charge in [0.05, 0.1) is 0 Å². The highest BCUT2D eigenvalue weighted by Crippen LogP contribution is 2.14. The molecule has 0 unspecified atom stereocenters. The first kappa shape index (κ1) is 8.97. The van der Waals surface area contributed by atoms with Gasteiger partial charge in [0.1, 0.15) is 0 Å². The van der Waals surface area contributed by atoms with Crippen LogP contribution in [0.15, 0.2) is 39.9 Å². The average molecular weight is 208 g/mol. The molecule has 1 N–H and O–H groups in total. The van der Waals surface area contributed by atoms with E-state index < -0.39 is 11.1 Å². The third-order valence-electron chi connectivity index (χ3n) is 1.91. The minimum Gasteiger partial charge on any atom is -0.289 e. The molecule has 1 aromatic carbocycles. The molecule has 0 amide bonds. The van der Waals surface area contributed by atoms with Gasteiger partial charge in [-0.05, 0) is 23.6 Å². The Hall–Kier alpha value is -1.61. The normalized spacial score (nSPS) is 10.4. The predicted octanol–water partition coefficient (Wildman–Crippen LogP) is 1.54. The van der Waals surface area contributed by atoms with E-state index in [1.807, 2.05) is 0 Å². The van der Waals surface area contributed by atoms with Crippen molar-refractivity contribution < 1.29 is 0 Å². The summed E-state index contributed by atoms with van der Waals surface area (Å²) in [6, 6.07) is 7.82. The largest absolute Gasteiger partial charge is 0.289 e. The number of hydrogen-bond acceptors (Lipinski definition) is 2. The van der Waals surface area contributed by atoms with Crippen LogP contribution < -0.4 is 11.1 Å². The zero-order chi connectivity index (χ0) is 10.1. The third-order valence-corrected chi connectivity index (χ3v) is 2.15. The number of H-pyrrole nitrogens is 1. The monoisotopic (exact) mass is 207 g/mol. The van der Waals surface area contributed by atoms with Gasteiger partial charge in [-0.25, -0.2) is 0 Å². The Balaban J connectivity index is 3.07. The summed E-state index contributed by atoms with van der Waals surface area (Å²) in [6.07, 6.45) is 0. The summed E-state index contributed by atoms with van der Waals surface area (Å²) in [5.41, 5.74) is -0.833. The maximum Gasteiger partial charge on any atom is 0.258 e. The minimum atomic E-state index is -0.419. The number of hydrogen-bond donors (Lipinski definition) is 1. The maximum atomic E-state index is 11.4. The van der Waals surface area contributed by atoms with Crippen molar-refractivity contribution in [3.63, 3.8) is 0 Å². The molecular formula is C10H6ClNO2. The van der Waals surface area contributed by atoms with Gasteiger partial charge in [-0.2, -0.15) is 0 Å². The number of benzene rings is 1. The Morgan fingerprint density at radius 1 is 1.07 bits per heavy atom. The van der Waals surface area contributed by atoms with Crippen molar-refractivity contribution >= 4 is 22.4 Å². The molecule has 14 heavy (non-hydrogen) atoms. The third kappa shape index (κ3) is 1.54. The standard InChI is InChI=1S/C10H6ClNO2/c11-7-3-1-6-2-4-9(13)12-10(14)8(6)5-7/h1-5H,(H,12,13,14). The molecule has 0 fully saturated rings. The summed E-state index contributed by atoms with van der Waals surface area (Å²) in [5.74, 6) is 0. The average Bonchev–Trinajstić information content (AvgIpc) is 2.27. The van der Waals surface area contributed by atoms with Crippen LogP contribution in [0.3, 0.4) is 0 Å². The van der Waals surface area contributed by atoms with Crippen molar-refractivity contribution in [1.82, 2.24) is 4.98 Å². The number of fused-ring (bicyclic) bond motifs is 1. The highest BCUT2D eigenvalue weighted by atomic mass is 35.5. The second-order valence-corrected chi connectivity index (χ2v) is 3.32. The number of rotatable bonds is 0. The Morgan fingerprint density at radius 2 is 1.79 bits per heavy atom. The van der Waals surface area contributed by atoms with Gasteiger partial charge in [-0.1, -0.05) is 17.7 Å². The van der Waals surface area contributed by atoms with Crippen LogP contribution in [-0.2, 0) is 0 Å². The highest BCUT2D eigenvalue weighted by Gasteiger charge is 1.97. The van der Waals surface area contributed by atoms with E-state index in [9.17, 15) is 9.59 Å². The zero-order valence-electron chi connectivity index (χ0n) is 7.08. The van der Waals surface area contributed by atoms with Gasteiger partial charge in [0, 0.05) is 16.5 Å². The molecular weight excluding hydrogens is 202 g/mol. The summed E-state index contributed by atoms with van der Waals surface area (Å²) in [7, 11) is 0. The Morgan fingerprint density at radius 3 is 2.57 bits per heavy atom. The number of aromatic amines is 1. The van der Waals surface area contributed by atoms with E-state index in [0.717, 1.165) is 0 Å². The summed E-state index contributed by atoms with van der Waals surface area (Å²) in [5, 5.41) is 1.58. The second kappa shape index (κ2) is 3.27. The molecule has 0 bridgehead atoms. The number of nitrogens with one attached hydrogen (secondary N) is 1. The van der Waals surface area contributed by atoms with Crippen molar-refractivity contribution in [3.8, 4) is 0 Å². The van der Waals surface area contributed by atoms with Crippen molar-refractivity contribution in [2.24, 2.45) is 0 Å². The lowest BCUT2D eigenvalue weighted by molar-refractivity contribution is 1.22. The fourth-order valence-electron chi connectivity index (χ4n) is 1.26. The number of aromatic nitrogens is 1. The first-order valence-corrected chi connectivity index (χ1v) is 4.37. The van der Waals surface area contributed by atoms with Gasteiger partial charge in [-0.3, -0.25) is 14.6 Å². The van der Waals surface area contributed by atoms with Crippen LogP contribution in [0.25, 0.3) is 10.8 Å². The molecule has 4 heteroatoms. The maximum absolute atomic E-state index is 11.4. The van der Waals surface area contributed by atoms with E-state index in [1.54, 1.807) is 18.2 Å². The first-order valence-electron chi connectivity index (χ1n) is 4.00. The number of halogens is 1. The lowest BCUT2D eigenvalue weighted by Gasteiger charge is -1.90. The second-order valence-electron chi connectivity index (χ2n) is 2.88. The molecule has 2 rings (SSSR count). The van der Waals surface area contributed by atoms with Crippen LogP contribution >= 0.6 is 11.6 Å². The topological polar surface area (TPSA) is 49.9 Å². The van der Waals surface area contributed by atoms with Crippen molar-refractivity contribution in [2.75, 3.05) is 0 Å². The molecule has 0 saturated heterocycles. The molecule has 0 radical (unpaired) electrons. The van der Waals surface area contributed by atoms with Crippen LogP contribution in [0.5, 0.6) is 0 Å². The van der Waals surface area contributed by atoms with Gasteiger partial charge in [0.2, 0.25) is 0 Å². The molecule has 0 spiro atoms. The lowest BCUT2D eigenvalue weighted by Crippen LogP contribution is -2.12. The lowest BCUT2D eigenvalue weighted by atomic mass is 10.2. The Kier molecular flexibility index (Phi) is 2.09. The Labute approximate surface area is 84.0 Å². The molecule has 0 aliphatic rings. The molecule has 70 valence electrons. The van der Waals surface area contributed by atoms with E-state index in [4.69, 9.17) is 11.6 Å². The van der Waals surface area contributed by atoms with Gasteiger partial charge in [0.25, 0.3) is 11.1 Å². The van der Waals surface area contributed by atoms with Crippen LogP contribution in [0.2, 0.25) is 5.02 Å². The predicted molar refractivity (Wildman–Crippen MR) is 55.8 cm³/mol. The molecule has 0 aliphatic heterocycles. The van der Waals surface area contributed by atoms with Gasteiger partial charge in [-0.15, -0.1) is 0 Å². The van der Waals surface area contributed by atoms with E-state index >= 15 is 0 Å². The summed E-state index contributed by atoms with van der Waals surface area (Å²) in [6.45, 7) is 0. The minimum absolute atomic E-state index is 0.415. The van der Waals surface area contributed by atoms with Gasteiger partial charge >= 0.3 is 0 Å². The van der Waals surface area contributed by atoms with Gasteiger partial charge in [0.15, 0.2) is 0 Å². The molecule has 3 nitrogen and oxygen atoms in total. The SMILES string of the molecule is O=c1ccc2ccc(Cl)cc2c(=O)[nH]1. The fraction of sp³-hybridized carbons (Fsp3) is 0. The molecule has 1 aromatic heterocycles.